The molecule has 0 fully saturated rings. The number of hydrogen-bond acceptors (Lipinski definition) is 2. The largest absolute Gasteiger partial charge is 0.394 e. The Morgan fingerprint density at radius 3 is 2.57 bits per heavy atom. The van der Waals surface area contributed by atoms with Crippen molar-refractivity contribution in [2.75, 3.05) is 7.05 Å². The van der Waals surface area contributed by atoms with Crippen molar-refractivity contribution in [2.24, 2.45) is 5.73 Å². The van der Waals surface area contributed by atoms with E-state index in [9.17, 15) is 0 Å². The average Bonchev–Trinajstić information content (AvgIpc) is 1.61. The molecule has 40 valence electrons. The molecule has 0 aromatic carbocycles. The van der Waals surface area contributed by atoms with Crippen LogP contribution in [0, 0.1) is 5.41 Å². The fourth-order valence-electron chi connectivity index (χ4n) is 0.173. The quantitative estimate of drug-likeness (QED) is 0.327. The molecule has 4 N–H and O–H groups in total. The predicted molar refractivity (Wildman–Crippen MR) is 30.1 cm³/mol. The van der Waals surface area contributed by atoms with Crippen LogP contribution in [0.5, 0.6) is 0 Å². The van der Waals surface area contributed by atoms with E-state index in [0.717, 1.165) is 0 Å². The van der Waals surface area contributed by atoms with Gasteiger partial charge in [0.15, 0.2) is 0 Å². The molecular formula is C4H9N3. The molecule has 0 radical (unpaired) electrons. The lowest BCUT2D eigenvalue weighted by Gasteiger charge is -1.82. The van der Waals surface area contributed by atoms with E-state index in [1.54, 1.807) is 13.2 Å². The number of hydrogen-bond donors (Lipinski definition) is 3. The van der Waals surface area contributed by atoms with Crippen LogP contribution in [0.25, 0.3) is 0 Å². The topological polar surface area (TPSA) is 61.9 Å². The van der Waals surface area contributed by atoms with Crippen LogP contribution in [0.4, 0.5) is 0 Å². The third-order valence-electron chi connectivity index (χ3n) is 0.430. The van der Waals surface area contributed by atoms with Crippen molar-refractivity contribution in [3.05, 3.63) is 12.3 Å². The molecule has 0 unspecified atom stereocenters. The van der Waals surface area contributed by atoms with Gasteiger partial charge in [0.25, 0.3) is 0 Å². The summed E-state index contributed by atoms with van der Waals surface area (Å²) in [6, 6.07) is 0. The van der Waals surface area contributed by atoms with Gasteiger partial charge in [-0.15, -0.1) is 0 Å². The molecule has 3 nitrogen and oxygen atoms in total. The first-order valence-corrected chi connectivity index (χ1v) is 1.95. The van der Waals surface area contributed by atoms with E-state index in [1.807, 2.05) is 0 Å². The Morgan fingerprint density at radius 2 is 2.43 bits per heavy atom. The van der Waals surface area contributed by atoms with E-state index < -0.39 is 0 Å². The standard InChI is InChI=1S/C4H9N3/c1-7-3-2-4(5)6/h2-3,7H,1H3,(H3,5,6)/b3-2-. The van der Waals surface area contributed by atoms with Crippen LogP contribution in [-0.4, -0.2) is 12.9 Å². The van der Waals surface area contributed by atoms with Crippen molar-refractivity contribution < 1.29 is 0 Å². The lowest BCUT2D eigenvalue weighted by Crippen LogP contribution is -2.06. The molecule has 0 aromatic heterocycles. The van der Waals surface area contributed by atoms with Gasteiger partial charge in [0.1, 0.15) is 5.84 Å². The zero-order chi connectivity index (χ0) is 5.70. The van der Waals surface area contributed by atoms with Crippen molar-refractivity contribution in [1.82, 2.24) is 5.32 Å². The lowest BCUT2D eigenvalue weighted by atomic mass is 10.6. The molecule has 0 rings (SSSR count). The second-order valence-corrected chi connectivity index (χ2v) is 1.08. The van der Waals surface area contributed by atoms with Gasteiger partial charge < -0.3 is 11.1 Å². The molecule has 3 heteroatoms. The number of rotatable bonds is 2. The molecule has 0 aromatic rings. The molecule has 0 atom stereocenters. The van der Waals surface area contributed by atoms with Crippen molar-refractivity contribution in [2.45, 2.75) is 0 Å². The first-order chi connectivity index (χ1) is 3.27. The van der Waals surface area contributed by atoms with Crippen molar-refractivity contribution >= 4 is 5.84 Å². The van der Waals surface area contributed by atoms with Crippen LogP contribution in [0.15, 0.2) is 12.3 Å². The maximum Gasteiger partial charge on any atom is 0.116 e. The van der Waals surface area contributed by atoms with Gasteiger partial charge in [0.2, 0.25) is 0 Å². The highest BCUT2D eigenvalue weighted by Gasteiger charge is 1.69. The smallest absolute Gasteiger partial charge is 0.116 e. The van der Waals surface area contributed by atoms with Crippen LogP contribution in [0.1, 0.15) is 0 Å². The highest BCUT2D eigenvalue weighted by molar-refractivity contribution is 5.88. The maximum absolute atomic E-state index is 6.65. The molecular weight excluding hydrogens is 90.1 g/mol. The third kappa shape index (κ3) is 5.01. The monoisotopic (exact) mass is 99.1 g/mol. The number of nitrogens with two attached hydrogens (primary N) is 1. The number of nitrogens with one attached hydrogen (secondary N) is 2. The Bertz CT molecular complexity index is 84.9. The zero-order valence-electron chi connectivity index (χ0n) is 4.23. The normalized spacial score (nSPS) is 9.29. The van der Waals surface area contributed by atoms with Crippen molar-refractivity contribution in [3.8, 4) is 0 Å². The van der Waals surface area contributed by atoms with E-state index >= 15 is 0 Å². The Balaban J connectivity index is 3.26. The second-order valence-electron chi connectivity index (χ2n) is 1.08. The van der Waals surface area contributed by atoms with Gasteiger partial charge in [0.05, 0.1) is 0 Å². The summed E-state index contributed by atoms with van der Waals surface area (Å²) in [6.07, 6.45) is 3.07. The van der Waals surface area contributed by atoms with Gasteiger partial charge in [-0.3, -0.25) is 5.41 Å². The highest BCUT2D eigenvalue weighted by Crippen LogP contribution is 1.60. The summed E-state index contributed by atoms with van der Waals surface area (Å²) in [4.78, 5) is 0. The summed E-state index contributed by atoms with van der Waals surface area (Å²) in [6.45, 7) is 0. The first-order valence-electron chi connectivity index (χ1n) is 1.95. The SMILES string of the molecule is CN/C=C\C(=N)N. The average molecular weight is 99.1 g/mol. The van der Waals surface area contributed by atoms with Gasteiger partial charge in [-0.05, 0) is 12.3 Å². The Hall–Kier alpha value is -0.990. The van der Waals surface area contributed by atoms with E-state index in [-0.39, 0.29) is 5.84 Å². The third-order valence-corrected chi connectivity index (χ3v) is 0.430. The summed E-state index contributed by atoms with van der Waals surface area (Å²) < 4.78 is 0. The molecule has 0 amide bonds. The van der Waals surface area contributed by atoms with Crippen molar-refractivity contribution in [3.63, 3.8) is 0 Å². The molecule has 0 saturated carbocycles. The lowest BCUT2D eigenvalue weighted by molar-refractivity contribution is 1.10. The van der Waals surface area contributed by atoms with Gasteiger partial charge in [-0.1, -0.05) is 0 Å². The van der Waals surface area contributed by atoms with Gasteiger partial charge in [-0.2, -0.15) is 0 Å². The summed E-state index contributed by atoms with van der Waals surface area (Å²) in [5.41, 5.74) is 4.93. The molecule has 0 saturated heterocycles. The molecule has 0 heterocycles. The predicted octanol–water partition coefficient (Wildman–Crippen LogP) is -0.345. The van der Waals surface area contributed by atoms with Crippen LogP contribution >= 0.6 is 0 Å². The van der Waals surface area contributed by atoms with Crippen LogP contribution in [0.2, 0.25) is 0 Å². The van der Waals surface area contributed by atoms with E-state index in [4.69, 9.17) is 11.1 Å². The molecule has 0 aliphatic heterocycles. The van der Waals surface area contributed by atoms with Gasteiger partial charge in [-0.25, -0.2) is 0 Å². The highest BCUT2D eigenvalue weighted by atomic mass is 14.8. The van der Waals surface area contributed by atoms with Gasteiger partial charge >= 0.3 is 0 Å². The van der Waals surface area contributed by atoms with E-state index in [1.165, 1.54) is 6.08 Å². The Kier molecular flexibility index (Phi) is 2.76. The van der Waals surface area contributed by atoms with Crippen LogP contribution in [-0.2, 0) is 0 Å². The Morgan fingerprint density at radius 1 is 1.86 bits per heavy atom. The molecule has 0 aliphatic rings. The second kappa shape index (κ2) is 3.21. The maximum atomic E-state index is 6.65. The zero-order valence-corrected chi connectivity index (χ0v) is 4.23. The van der Waals surface area contributed by atoms with E-state index in [2.05, 4.69) is 5.32 Å². The minimum absolute atomic E-state index is 0.0642. The minimum atomic E-state index is 0.0642. The summed E-state index contributed by atoms with van der Waals surface area (Å²) >= 11 is 0. The van der Waals surface area contributed by atoms with Crippen molar-refractivity contribution in [1.29, 1.82) is 5.41 Å². The Labute approximate surface area is 42.7 Å². The molecule has 0 aliphatic carbocycles. The van der Waals surface area contributed by atoms with Gasteiger partial charge in [0, 0.05) is 7.05 Å². The minimum Gasteiger partial charge on any atom is -0.394 e. The fourth-order valence-corrected chi connectivity index (χ4v) is 0.173. The fraction of sp³-hybridized carbons (Fsp3) is 0.250. The summed E-state index contributed by atoms with van der Waals surface area (Å²) in [7, 11) is 1.75. The molecule has 0 bridgehead atoms. The van der Waals surface area contributed by atoms with Crippen LogP contribution < -0.4 is 11.1 Å². The molecule has 7 heavy (non-hydrogen) atoms. The summed E-state index contributed by atoms with van der Waals surface area (Å²) in [5, 5.41) is 9.35. The molecule has 0 spiro atoms. The van der Waals surface area contributed by atoms with Crippen LogP contribution in [0.3, 0.4) is 0 Å². The first kappa shape index (κ1) is 6.01. The summed E-state index contributed by atoms with van der Waals surface area (Å²) in [5.74, 6) is 0.0642. The van der Waals surface area contributed by atoms with E-state index in [0.29, 0.717) is 0 Å². The number of amidine groups is 1.